The Balaban J connectivity index is 1.62. The van der Waals surface area contributed by atoms with Crippen molar-refractivity contribution in [2.45, 2.75) is 135 Å². The molecule has 0 amide bonds. The Morgan fingerprint density at radius 3 is 2.13 bits per heavy atom. The van der Waals surface area contributed by atoms with E-state index in [9.17, 15) is 14.4 Å². The van der Waals surface area contributed by atoms with Crippen LogP contribution in [0.25, 0.3) is 11.2 Å². The van der Waals surface area contributed by atoms with Crippen molar-refractivity contribution in [1.82, 2.24) is 19.5 Å². The SMILES string of the molecule is CCCCCC(=O)OC[C@H]1OC(n2cnc3c(NC4CCOC4)ncnc32)[C@H](OC(=O)CCCCC)[C@@H]1OC(=O)CCCCC. The minimum absolute atomic E-state index is 0.0979. The Bertz CT molecular complexity index is 1230. The molecule has 5 atom stereocenters. The summed E-state index contributed by atoms with van der Waals surface area (Å²) < 4.78 is 31.2. The standard InChI is InChI=1S/C32H49N5O8/c1-4-7-10-13-24(38)42-19-23-28(44-25(39)14-11-8-5-2)29(45-26(40)15-12-9-6-3)32(43-23)37-21-35-27-30(33-20-34-31(27)37)36-22-16-17-41-18-22/h20-23,28-29,32H,4-19H2,1-3H3,(H,33,34,36)/t22?,23-,28-,29-,32?/m1/s1. The lowest BCUT2D eigenvalue weighted by Gasteiger charge is -2.25. The second kappa shape index (κ2) is 18.0. The minimum atomic E-state index is -1.02. The highest BCUT2D eigenvalue weighted by Crippen LogP contribution is 2.37. The number of carbonyl (C=O) groups excluding carboxylic acids is 3. The zero-order chi connectivity index (χ0) is 32.0. The molecular weight excluding hydrogens is 582 g/mol. The number of nitrogens with zero attached hydrogens (tertiary/aromatic N) is 4. The number of hydrogen-bond donors (Lipinski definition) is 1. The predicted octanol–water partition coefficient (Wildman–Crippen LogP) is 5.03. The van der Waals surface area contributed by atoms with Crippen LogP contribution in [0.15, 0.2) is 12.7 Å². The third-order valence-corrected chi connectivity index (χ3v) is 8.09. The number of esters is 3. The van der Waals surface area contributed by atoms with Crippen molar-refractivity contribution in [3.8, 4) is 0 Å². The summed E-state index contributed by atoms with van der Waals surface area (Å²) in [5.74, 6) is -0.651. The molecule has 250 valence electrons. The molecule has 0 saturated carbocycles. The molecule has 0 spiro atoms. The van der Waals surface area contributed by atoms with Gasteiger partial charge in [-0.25, -0.2) is 15.0 Å². The van der Waals surface area contributed by atoms with Gasteiger partial charge in [-0.15, -0.1) is 0 Å². The van der Waals surface area contributed by atoms with E-state index in [-0.39, 0.29) is 37.9 Å². The van der Waals surface area contributed by atoms with E-state index in [1.165, 1.54) is 6.33 Å². The first-order chi connectivity index (χ1) is 21.9. The van der Waals surface area contributed by atoms with E-state index >= 15 is 0 Å². The van der Waals surface area contributed by atoms with Crippen molar-refractivity contribution in [3.63, 3.8) is 0 Å². The summed E-state index contributed by atoms with van der Waals surface area (Å²) in [5.41, 5.74) is 0.966. The van der Waals surface area contributed by atoms with E-state index in [2.05, 4.69) is 41.0 Å². The molecule has 2 aliphatic rings. The number of hydrogen-bond acceptors (Lipinski definition) is 12. The molecule has 2 aromatic heterocycles. The van der Waals surface area contributed by atoms with Crippen LogP contribution < -0.4 is 5.32 Å². The smallest absolute Gasteiger partial charge is 0.306 e. The van der Waals surface area contributed by atoms with Crippen LogP contribution in [0.4, 0.5) is 5.82 Å². The zero-order valence-corrected chi connectivity index (χ0v) is 26.9. The van der Waals surface area contributed by atoms with Crippen LogP contribution in [-0.4, -0.2) is 81.6 Å². The third-order valence-electron chi connectivity index (χ3n) is 8.09. The molecule has 2 unspecified atom stereocenters. The maximum absolute atomic E-state index is 13.1. The average molecular weight is 632 g/mol. The van der Waals surface area contributed by atoms with Crippen molar-refractivity contribution in [2.24, 2.45) is 0 Å². The second-order valence-electron chi connectivity index (χ2n) is 11.8. The highest BCUT2D eigenvalue weighted by atomic mass is 16.7. The average Bonchev–Trinajstić information content (AvgIpc) is 3.77. The highest BCUT2D eigenvalue weighted by Gasteiger charge is 2.51. The van der Waals surface area contributed by atoms with Gasteiger partial charge in [0.15, 0.2) is 35.4 Å². The van der Waals surface area contributed by atoms with Gasteiger partial charge in [0.25, 0.3) is 0 Å². The van der Waals surface area contributed by atoms with Crippen molar-refractivity contribution in [1.29, 1.82) is 0 Å². The maximum atomic E-state index is 13.1. The Labute approximate surface area is 265 Å². The first-order valence-corrected chi connectivity index (χ1v) is 16.7. The molecule has 0 bridgehead atoms. The molecule has 0 radical (unpaired) electrons. The quantitative estimate of drug-likeness (QED) is 0.126. The lowest BCUT2D eigenvalue weighted by atomic mass is 10.1. The summed E-state index contributed by atoms with van der Waals surface area (Å²) >= 11 is 0. The summed E-state index contributed by atoms with van der Waals surface area (Å²) in [6.07, 6.45) is 8.37. The van der Waals surface area contributed by atoms with Gasteiger partial charge >= 0.3 is 17.9 Å². The molecule has 0 aromatic carbocycles. The summed E-state index contributed by atoms with van der Waals surface area (Å²) in [6, 6.07) is 0.0979. The fraction of sp³-hybridized carbons (Fsp3) is 0.750. The van der Waals surface area contributed by atoms with Crippen molar-refractivity contribution < 1.29 is 38.1 Å². The Morgan fingerprint density at radius 2 is 1.51 bits per heavy atom. The van der Waals surface area contributed by atoms with E-state index < -0.39 is 36.5 Å². The summed E-state index contributed by atoms with van der Waals surface area (Å²) in [5, 5.41) is 3.38. The normalized spacial score (nSPS) is 22.9. The van der Waals surface area contributed by atoms with E-state index in [0.717, 1.165) is 51.4 Å². The van der Waals surface area contributed by atoms with E-state index in [1.807, 2.05) is 0 Å². The van der Waals surface area contributed by atoms with Gasteiger partial charge in [-0.05, 0) is 25.7 Å². The molecular formula is C32H49N5O8. The number of nitrogens with one attached hydrogen (secondary N) is 1. The number of carbonyl (C=O) groups is 3. The number of rotatable bonds is 19. The van der Waals surface area contributed by atoms with Crippen molar-refractivity contribution >= 4 is 34.9 Å². The van der Waals surface area contributed by atoms with E-state index in [4.69, 9.17) is 23.7 Å². The Kier molecular flexibility index (Phi) is 13.8. The highest BCUT2D eigenvalue weighted by molar-refractivity contribution is 5.83. The third kappa shape index (κ3) is 9.83. The van der Waals surface area contributed by atoms with Crippen molar-refractivity contribution in [3.05, 3.63) is 12.7 Å². The van der Waals surface area contributed by atoms with E-state index in [1.54, 1.807) is 10.9 Å². The number of fused-ring (bicyclic) bond motifs is 1. The molecule has 0 aliphatic carbocycles. The molecule has 13 nitrogen and oxygen atoms in total. The fourth-order valence-electron chi connectivity index (χ4n) is 5.55. The van der Waals surface area contributed by atoms with Crippen LogP contribution in [0.2, 0.25) is 0 Å². The molecule has 4 rings (SSSR count). The molecule has 13 heteroatoms. The number of unbranched alkanes of at least 4 members (excludes halogenated alkanes) is 6. The Morgan fingerprint density at radius 1 is 0.867 bits per heavy atom. The second-order valence-corrected chi connectivity index (χ2v) is 11.8. The van der Waals surface area contributed by atoms with Crippen LogP contribution in [0.1, 0.15) is 110 Å². The number of ether oxygens (including phenoxy) is 5. The lowest BCUT2D eigenvalue weighted by molar-refractivity contribution is -0.169. The van der Waals surface area contributed by atoms with Crippen molar-refractivity contribution in [2.75, 3.05) is 25.1 Å². The van der Waals surface area contributed by atoms with E-state index in [0.29, 0.717) is 43.0 Å². The molecule has 1 N–H and O–H groups in total. The molecule has 4 heterocycles. The molecule has 2 fully saturated rings. The first-order valence-electron chi connectivity index (χ1n) is 16.7. The van der Waals surface area contributed by atoms with Gasteiger partial charge in [-0.2, -0.15) is 0 Å². The topological polar surface area (TPSA) is 153 Å². The van der Waals surface area contributed by atoms with Crippen LogP contribution >= 0.6 is 0 Å². The largest absolute Gasteiger partial charge is 0.463 e. The molecule has 2 aromatic rings. The van der Waals surface area contributed by atoms with Crippen LogP contribution in [0.5, 0.6) is 0 Å². The summed E-state index contributed by atoms with van der Waals surface area (Å²) in [7, 11) is 0. The number of anilines is 1. The molecule has 2 aliphatic heterocycles. The van der Waals surface area contributed by atoms with Crippen LogP contribution in [-0.2, 0) is 38.1 Å². The van der Waals surface area contributed by atoms with Gasteiger partial charge < -0.3 is 29.0 Å². The molecule has 2 saturated heterocycles. The molecule has 45 heavy (non-hydrogen) atoms. The van der Waals surface area contributed by atoms with Crippen LogP contribution in [0.3, 0.4) is 0 Å². The lowest BCUT2D eigenvalue weighted by Crippen LogP contribution is -2.41. The summed E-state index contributed by atoms with van der Waals surface area (Å²) in [4.78, 5) is 52.1. The zero-order valence-electron chi connectivity index (χ0n) is 26.9. The van der Waals surface area contributed by atoms with Gasteiger partial charge in [-0.1, -0.05) is 59.3 Å². The Hall–Kier alpha value is -3.32. The monoisotopic (exact) mass is 631 g/mol. The van der Waals surface area contributed by atoms with Gasteiger partial charge in [-0.3, -0.25) is 19.0 Å². The first kappa shape index (κ1) is 34.6. The fourth-order valence-corrected chi connectivity index (χ4v) is 5.55. The van der Waals surface area contributed by atoms with Crippen LogP contribution in [0, 0.1) is 0 Å². The van der Waals surface area contributed by atoms with Gasteiger partial charge in [0.2, 0.25) is 0 Å². The van der Waals surface area contributed by atoms with Gasteiger partial charge in [0, 0.05) is 25.9 Å². The number of aromatic nitrogens is 4. The minimum Gasteiger partial charge on any atom is -0.463 e. The summed E-state index contributed by atoms with van der Waals surface area (Å²) in [6.45, 7) is 7.26. The van der Waals surface area contributed by atoms with Gasteiger partial charge in [0.05, 0.1) is 19.0 Å². The maximum Gasteiger partial charge on any atom is 0.306 e. The predicted molar refractivity (Wildman–Crippen MR) is 165 cm³/mol. The van der Waals surface area contributed by atoms with Gasteiger partial charge in [0.1, 0.15) is 19.0 Å². The number of imidazole rings is 1.